The second-order valence-electron chi connectivity index (χ2n) is 6.06. The zero-order valence-electron chi connectivity index (χ0n) is 20.2. The van der Waals surface area contributed by atoms with Crippen molar-refractivity contribution in [1.82, 2.24) is 0 Å². The van der Waals surface area contributed by atoms with E-state index in [1.165, 1.54) is 0 Å². The zero-order chi connectivity index (χ0) is 24.5. The number of aliphatic hydroxyl groups is 3. The Morgan fingerprint density at radius 2 is 0.485 bits per heavy atom. The monoisotopic (exact) mass is 490 g/mol. The van der Waals surface area contributed by atoms with Crippen LogP contribution in [-0.4, -0.2) is 155 Å². The van der Waals surface area contributed by atoms with E-state index >= 15 is 0 Å². The molecule has 0 unspecified atom stereocenters. The van der Waals surface area contributed by atoms with Gasteiger partial charge in [-0.05, 0) is 0 Å². The first-order chi connectivity index (χ1) is 16.3. The number of ether oxygens (including phenoxy) is 9. The summed E-state index contributed by atoms with van der Waals surface area (Å²) >= 11 is 0. The molecule has 0 saturated heterocycles. The highest BCUT2D eigenvalue weighted by Crippen LogP contribution is 1.84. The molecule has 0 aliphatic carbocycles. The normalized spacial score (nSPS) is 10.9. The highest BCUT2D eigenvalue weighted by molar-refractivity contribution is 4.36. The van der Waals surface area contributed by atoms with Crippen molar-refractivity contribution in [2.24, 2.45) is 0 Å². The molecular formula is C21H46O12. The number of aliphatic hydroxyl groups excluding tert-OH is 3. The highest BCUT2D eigenvalue weighted by Gasteiger charge is 1.93. The maximum atomic E-state index is 8.44. The minimum absolute atomic E-state index is 0.0386. The van der Waals surface area contributed by atoms with Crippen molar-refractivity contribution in [3.63, 3.8) is 0 Å². The molecule has 3 N–H and O–H groups in total. The Labute approximate surface area is 197 Å². The van der Waals surface area contributed by atoms with Crippen molar-refractivity contribution in [1.29, 1.82) is 0 Å². The van der Waals surface area contributed by atoms with E-state index < -0.39 is 0 Å². The maximum Gasteiger partial charge on any atom is 0.0701 e. The number of hydrogen-bond acceptors (Lipinski definition) is 12. The van der Waals surface area contributed by atoms with Gasteiger partial charge in [0.05, 0.1) is 132 Å². The lowest BCUT2D eigenvalue weighted by Crippen LogP contribution is -2.13. The Morgan fingerprint density at radius 3 is 0.667 bits per heavy atom. The molecule has 0 aromatic rings. The molecule has 0 fully saturated rings. The van der Waals surface area contributed by atoms with Crippen molar-refractivity contribution in [3.8, 4) is 0 Å². The molecule has 12 nitrogen and oxygen atoms in total. The van der Waals surface area contributed by atoms with Gasteiger partial charge in [-0.15, -0.1) is 0 Å². The third-order valence-corrected chi connectivity index (χ3v) is 3.37. The molecule has 202 valence electrons. The van der Waals surface area contributed by atoms with Crippen LogP contribution in [0.5, 0.6) is 0 Å². The Kier molecular flexibility index (Phi) is 37.9. The van der Waals surface area contributed by atoms with Gasteiger partial charge in [-0.3, -0.25) is 0 Å². The topological polar surface area (TPSA) is 144 Å². The third kappa shape index (κ3) is 39.1. The minimum atomic E-state index is 0.0386. The average Bonchev–Trinajstić information content (AvgIpc) is 2.83. The molecule has 0 heterocycles. The van der Waals surface area contributed by atoms with Gasteiger partial charge in [-0.2, -0.15) is 0 Å². The summed E-state index contributed by atoms with van der Waals surface area (Å²) in [6, 6.07) is 0. The van der Waals surface area contributed by atoms with Gasteiger partial charge in [0.25, 0.3) is 0 Å². The van der Waals surface area contributed by atoms with Crippen molar-refractivity contribution < 1.29 is 58.0 Å². The Bertz CT molecular complexity index is 285. The first kappa shape index (κ1) is 34.7. The Morgan fingerprint density at radius 1 is 0.303 bits per heavy atom. The van der Waals surface area contributed by atoms with Crippen LogP contribution in [0.15, 0.2) is 0 Å². The standard InChI is InChI=1S/C11H24O6.C10H22O6/c1-13-4-5-15-8-9-17-11-10-16-7-6-14-3-2-12;11-1-3-13-5-7-15-9-10-16-8-6-14-4-2-12/h12H,2-11H2,1H3;11-12H,1-10H2. The summed E-state index contributed by atoms with van der Waals surface area (Å²) in [6.07, 6.45) is 0. The van der Waals surface area contributed by atoms with E-state index in [4.69, 9.17) is 58.0 Å². The smallest absolute Gasteiger partial charge is 0.0701 e. The molecule has 0 bridgehead atoms. The van der Waals surface area contributed by atoms with Crippen LogP contribution in [0.4, 0.5) is 0 Å². The van der Waals surface area contributed by atoms with Crippen LogP contribution >= 0.6 is 0 Å². The quantitative estimate of drug-likeness (QED) is 0.118. The fourth-order valence-corrected chi connectivity index (χ4v) is 1.86. The molecule has 0 radical (unpaired) electrons. The molecular weight excluding hydrogens is 444 g/mol. The SMILES string of the molecule is COCCOCCOCCOCCOCCO.OCCOCCOCCOCCOCCO. The predicted octanol–water partition coefficient (Wildman–Crippen LogP) is -1.27. The molecule has 0 aliphatic heterocycles. The second-order valence-corrected chi connectivity index (χ2v) is 6.06. The molecule has 0 aromatic carbocycles. The molecule has 0 rings (SSSR count). The Balaban J connectivity index is 0. The summed E-state index contributed by atoms with van der Waals surface area (Å²) in [4.78, 5) is 0. The van der Waals surface area contributed by atoms with Crippen LogP contribution < -0.4 is 0 Å². The maximum absolute atomic E-state index is 8.44. The van der Waals surface area contributed by atoms with Crippen molar-refractivity contribution in [2.45, 2.75) is 0 Å². The molecule has 12 heteroatoms. The largest absolute Gasteiger partial charge is 0.394 e. The molecule has 0 aliphatic rings. The first-order valence-electron chi connectivity index (χ1n) is 11.3. The van der Waals surface area contributed by atoms with E-state index in [1.807, 2.05) is 0 Å². The van der Waals surface area contributed by atoms with E-state index in [-0.39, 0.29) is 19.8 Å². The minimum Gasteiger partial charge on any atom is -0.394 e. The van der Waals surface area contributed by atoms with Crippen LogP contribution in [0, 0.1) is 0 Å². The summed E-state index contributed by atoms with van der Waals surface area (Å²) in [7, 11) is 1.64. The zero-order valence-corrected chi connectivity index (χ0v) is 20.2. The van der Waals surface area contributed by atoms with Gasteiger partial charge in [0.2, 0.25) is 0 Å². The Hall–Kier alpha value is -0.480. The lowest BCUT2D eigenvalue weighted by Gasteiger charge is -2.06. The van der Waals surface area contributed by atoms with Crippen molar-refractivity contribution >= 4 is 0 Å². The number of methoxy groups -OCH3 is 1. The van der Waals surface area contributed by atoms with Gasteiger partial charge in [0.1, 0.15) is 0 Å². The van der Waals surface area contributed by atoms with Crippen molar-refractivity contribution in [2.75, 3.05) is 139 Å². The summed E-state index contributed by atoms with van der Waals surface area (Å²) in [5.74, 6) is 0. The van der Waals surface area contributed by atoms with Crippen LogP contribution in [0.25, 0.3) is 0 Å². The van der Waals surface area contributed by atoms with Crippen molar-refractivity contribution in [3.05, 3.63) is 0 Å². The van der Waals surface area contributed by atoms with E-state index in [2.05, 4.69) is 0 Å². The van der Waals surface area contributed by atoms with E-state index in [1.54, 1.807) is 7.11 Å². The van der Waals surface area contributed by atoms with Crippen LogP contribution in [0.3, 0.4) is 0 Å². The van der Waals surface area contributed by atoms with E-state index in [0.717, 1.165) is 0 Å². The van der Waals surface area contributed by atoms with Gasteiger partial charge >= 0.3 is 0 Å². The van der Waals surface area contributed by atoms with Crippen LogP contribution in [0.2, 0.25) is 0 Å². The average molecular weight is 491 g/mol. The summed E-state index contributed by atoms with van der Waals surface area (Å²) in [5, 5.41) is 25.3. The van der Waals surface area contributed by atoms with Gasteiger partial charge in [0.15, 0.2) is 0 Å². The fraction of sp³-hybridized carbons (Fsp3) is 1.00. The molecule has 0 amide bonds. The number of rotatable bonds is 27. The van der Waals surface area contributed by atoms with E-state index in [9.17, 15) is 0 Å². The third-order valence-electron chi connectivity index (χ3n) is 3.37. The summed E-state index contributed by atoms with van der Waals surface area (Å²) in [5.41, 5.74) is 0. The molecule has 0 aromatic heterocycles. The predicted molar refractivity (Wildman–Crippen MR) is 120 cm³/mol. The highest BCUT2D eigenvalue weighted by atomic mass is 16.6. The van der Waals surface area contributed by atoms with Crippen LogP contribution in [-0.2, 0) is 42.6 Å². The molecule has 0 spiro atoms. The molecule has 0 atom stereocenters. The van der Waals surface area contributed by atoms with Gasteiger partial charge in [-0.25, -0.2) is 0 Å². The summed E-state index contributed by atoms with van der Waals surface area (Å²) in [6.45, 7) is 8.65. The lowest BCUT2D eigenvalue weighted by molar-refractivity contribution is -0.0105. The fourth-order valence-electron chi connectivity index (χ4n) is 1.86. The van der Waals surface area contributed by atoms with E-state index in [0.29, 0.717) is 112 Å². The van der Waals surface area contributed by atoms with Gasteiger partial charge in [0, 0.05) is 7.11 Å². The molecule has 33 heavy (non-hydrogen) atoms. The second kappa shape index (κ2) is 36.1. The lowest BCUT2D eigenvalue weighted by atomic mass is 10.7. The number of hydrogen-bond donors (Lipinski definition) is 3. The van der Waals surface area contributed by atoms with Gasteiger partial charge in [-0.1, -0.05) is 0 Å². The van der Waals surface area contributed by atoms with Gasteiger partial charge < -0.3 is 58.0 Å². The first-order valence-corrected chi connectivity index (χ1v) is 11.3. The summed E-state index contributed by atoms with van der Waals surface area (Å²) < 4.78 is 45.9. The van der Waals surface area contributed by atoms with Crippen LogP contribution in [0.1, 0.15) is 0 Å². The molecule has 0 saturated carbocycles.